The summed E-state index contributed by atoms with van der Waals surface area (Å²) in [4.78, 5) is -0.853. The number of rotatable bonds is 3. The van der Waals surface area contributed by atoms with E-state index in [4.69, 9.17) is 5.73 Å². The van der Waals surface area contributed by atoms with Crippen molar-refractivity contribution in [3.05, 3.63) is 23.8 Å². The van der Waals surface area contributed by atoms with Crippen molar-refractivity contribution in [2.24, 2.45) is 5.92 Å². The molecule has 0 saturated heterocycles. The molecule has 0 aromatic heterocycles. The summed E-state index contributed by atoms with van der Waals surface area (Å²) in [6.45, 7) is 0. The lowest BCUT2D eigenvalue weighted by atomic mass is 10.3. The van der Waals surface area contributed by atoms with Crippen LogP contribution in [0, 0.1) is 17.6 Å². The standard InChI is InChI=1S/C10H11F2NO2S/c11-8-3-7(13)4-9(12)10(8)16(14,15)5-6-1-2-6/h3-4,6H,1-2,5,13H2. The topological polar surface area (TPSA) is 60.2 Å². The molecule has 6 heteroatoms. The average molecular weight is 247 g/mol. The van der Waals surface area contributed by atoms with Gasteiger partial charge in [-0.1, -0.05) is 0 Å². The first-order chi connectivity index (χ1) is 7.40. The van der Waals surface area contributed by atoms with Crippen LogP contribution in [0.3, 0.4) is 0 Å². The Morgan fingerprint density at radius 2 is 1.75 bits per heavy atom. The summed E-state index contributed by atoms with van der Waals surface area (Å²) < 4.78 is 50.2. The van der Waals surface area contributed by atoms with E-state index in [-0.39, 0.29) is 17.4 Å². The van der Waals surface area contributed by atoms with Gasteiger partial charge in [0, 0.05) is 5.69 Å². The van der Waals surface area contributed by atoms with E-state index in [9.17, 15) is 17.2 Å². The monoisotopic (exact) mass is 247 g/mol. The SMILES string of the molecule is Nc1cc(F)c(S(=O)(=O)CC2CC2)c(F)c1. The van der Waals surface area contributed by atoms with Gasteiger partial charge >= 0.3 is 0 Å². The Kier molecular flexibility index (Phi) is 2.61. The molecule has 1 aliphatic carbocycles. The van der Waals surface area contributed by atoms with E-state index in [1.54, 1.807) is 0 Å². The van der Waals surface area contributed by atoms with Crippen molar-refractivity contribution >= 4 is 15.5 Å². The van der Waals surface area contributed by atoms with Gasteiger partial charge in [-0.3, -0.25) is 0 Å². The highest BCUT2D eigenvalue weighted by Crippen LogP contribution is 2.33. The van der Waals surface area contributed by atoms with Gasteiger partial charge < -0.3 is 5.73 Å². The summed E-state index contributed by atoms with van der Waals surface area (Å²) in [6.07, 6.45) is 1.61. The number of halogens is 2. The van der Waals surface area contributed by atoms with Crippen molar-refractivity contribution in [3.8, 4) is 0 Å². The first-order valence-electron chi connectivity index (χ1n) is 4.87. The van der Waals surface area contributed by atoms with Crippen LogP contribution in [0.25, 0.3) is 0 Å². The minimum atomic E-state index is -3.88. The normalized spacial score (nSPS) is 16.4. The molecule has 0 atom stereocenters. The van der Waals surface area contributed by atoms with Crippen molar-refractivity contribution in [1.29, 1.82) is 0 Å². The lowest BCUT2D eigenvalue weighted by Crippen LogP contribution is -2.13. The van der Waals surface area contributed by atoms with Gasteiger partial charge in [-0.05, 0) is 30.9 Å². The Labute approximate surface area is 92.2 Å². The molecule has 0 heterocycles. The van der Waals surface area contributed by atoms with Gasteiger partial charge in [-0.2, -0.15) is 0 Å². The molecule has 3 nitrogen and oxygen atoms in total. The van der Waals surface area contributed by atoms with E-state index >= 15 is 0 Å². The molecule has 16 heavy (non-hydrogen) atoms. The fourth-order valence-corrected chi connectivity index (χ4v) is 3.39. The van der Waals surface area contributed by atoms with Gasteiger partial charge in [0.05, 0.1) is 5.75 Å². The van der Waals surface area contributed by atoms with Crippen LogP contribution in [0.2, 0.25) is 0 Å². The molecule has 1 fully saturated rings. The maximum atomic E-state index is 13.4. The predicted octanol–water partition coefficient (Wildman–Crippen LogP) is 1.73. The van der Waals surface area contributed by atoms with Gasteiger partial charge in [0.1, 0.15) is 16.5 Å². The van der Waals surface area contributed by atoms with Gasteiger partial charge in [-0.25, -0.2) is 17.2 Å². The number of benzene rings is 1. The molecule has 2 N–H and O–H groups in total. The van der Waals surface area contributed by atoms with Crippen molar-refractivity contribution in [2.75, 3.05) is 11.5 Å². The van der Waals surface area contributed by atoms with Crippen molar-refractivity contribution in [3.63, 3.8) is 0 Å². The van der Waals surface area contributed by atoms with Gasteiger partial charge in [0.2, 0.25) is 0 Å². The van der Waals surface area contributed by atoms with E-state index in [0.717, 1.165) is 25.0 Å². The highest BCUT2D eigenvalue weighted by molar-refractivity contribution is 7.91. The Morgan fingerprint density at radius 3 is 2.19 bits per heavy atom. The molecular formula is C10H11F2NO2S. The second kappa shape index (κ2) is 3.69. The van der Waals surface area contributed by atoms with Crippen molar-refractivity contribution in [1.82, 2.24) is 0 Å². The zero-order valence-electron chi connectivity index (χ0n) is 8.41. The largest absolute Gasteiger partial charge is 0.399 e. The van der Waals surface area contributed by atoms with Crippen molar-refractivity contribution in [2.45, 2.75) is 17.7 Å². The molecule has 0 bridgehead atoms. The van der Waals surface area contributed by atoms with E-state index < -0.39 is 26.4 Å². The molecule has 1 saturated carbocycles. The Morgan fingerprint density at radius 1 is 1.25 bits per heavy atom. The minimum absolute atomic E-state index is 0.0429. The quantitative estimate of drug-likeness (QED) is 0.827. The molecule has 88 valence electrons. The van der Waals surface area contributed by atoms with E-state index in [1.807, 2.05) is 0 Å². The number of nitrogen functional groups attached to an aromatic ring is 1. The molecule has 2 rings (SSSR count). The molecule has 1 aromatic carbocycles. The molecular weight excluding hydrogens is 236 g/mol. The molecule has 0 spiro atoms. The number of nitrogens with two attached hydrogens (primary N) is 1. The zero-order valence-corrected chi connectivity index (χ0v) is 9.23. The Bertz CT molecular complexity index is 501. The molecule has 0 unspecified atom stereocenters. The third-order valence-corrected chi connectivity index (χ3v) is 4.41. The van der Waals surface area contributed by atoms with Gasteiger partial charge in [-0.15, -0.1) is 0 Å². The van der Waals surface area contributed by atoms with E-state index in [0.29, 0.717) is 0 Å². The lowest BCUT2D eigenvalue weighted by Gasteiger charge is -2.07. The maximum Gasteiger partial charge on any atom is 0.184 e. The van der Waals surface area contributed by atoms with Crippen LogP contribution in [0.15, 0.2) is 17.0 Å². The summed E-state index contributed by atoms with van der Waals surface area (Å²) in [5.41, 5.74) is 5.09. The molecule has 0 amide bonds. The first kappa shape index (κ1) is 11.3. The van der Waals surface area contributed by atoms with Crippen LogP contribution in [-0.2, 0) is 9.84 Å². The van der Waals surface area contributed by atoms with Crippen LogP contribution >= 0.6 is 0 Å². The van der Waals surface area contributed by atoms with E-state index in [2.05, 4.69) is 0 Å². The maximum absolute atomic E-state index is 13.4. The summed E-state index contributed by atoms with van der Waals surface area (Å²) >= 11 is 0. The second-order valence-electron chi connectivity index (χ2n) is 4.04. The fraction of sp³-hybridized carbons (Fsp3) is 0.400. The summed E-state index contributed by atoms with van der Waals surface area (Å²) in [5, 5.41) is 0. The third kappa shape index (κ3) is 2.16. The third-order valence-electron chi connectivity index (χ3n) is 2.48. The van der Waals surface area contributed by atoms with E-state index in [1.165, 1.54) is 0 Å². The molecule has 1 aromatic rings. The average Bonchev–Trinajstić information content (AvgIpc) is 2.83. The predicted molar refractivity (Wildman–Crippen MR) is 55.5 cm³/mol. The van der Waals surface area contributed by atoms with Gasteiger partial charge in [0.25, 0.3) is 0 Å². The van der Waals surface area contributed by atoms with Gasteiger partial charge in [0.15, 0.2) is 9.84 Å². The van der Waals surface area contributed by atoms with Crippen LogP contribution in [0.4, 0.5) is 14.5 Å². The number of hydrogen-bond acceptors (Lipinski definition) is 3. The minimum Gasteiger partial charge on any atom is -0.399 e. The van der Waals surface area contributed by atoms with Crippen LogP contribution in [-0.4, -0.2) is 14.2 Å². The van der Waals surface area contributed by atoms with Crippen molar-refractivity contribution < 1.29 is 17.2 Å². The highest BCUT2D eigenvalue weighted by atomic mass is 32.2. The van der Waals surface area contributed by atoms with Crippen LogP contribution in [0.1, 0.15) is 12.8 Å². The Balaban J connectivity index is 2.46. The number of hydrogen-bond donors (Lipinski definition) is 1. The highest BCUT2D eigenvalue weighted by Gasteiger charge is 2.32. The molecule has 1 aliphatic rings. The summed E-state index contributed by atoms with van der Waals surface area (Å²) in [6, 6.07) is 1.64. The number of sulfone groups is 1. The molecule has 0 aliphatic heterocycles. The number of anilines is 1. The summed E-state index contributed by atoms with van der Waals surface area (Å²) in [5.74, 6) is -2.37. The second-order valence-corrected chi connectivity index (χ2v) is 6.01. The zero-order chi connectivity index (χ0) is 11.9. The Hall–Kier alpha value is -1.17. The molecule has 0 radical (unpaired) electrons. The fourth-order valence-electron chi connectivity index (χ4n) is 1.55. The lowest BCUT2D eigenvalue weighted by molar-refractivity contribution is 0.519. The summed E-state index contributed by atoms with van der Waals surface area (Å²) in [7, 11) is -3.88. The van der Waals surface area contributed by atoms with Crippen LogP contribution < -0.4 is 5.73 Å². The van der Waals surface area contributed by atoms with Crippen LogP contribution in [0.5, 0.6) is 0 Å². The smallest absolute Gasteiger partial charge is 0.184 e. The first-order valence-corrected chi connectivity index (χ1v) is 6.52.